The molecule has 0 aromatic heterocycles. The summed E-state index contributed by atoms with van der Waals surface area (Å²) in [5.74, 6) is -2.01. The van der Waals surface area contributed by atoms with Crippen LogP contribution in [0.2, 0.25) is 5.02 Å². The number of carbonyl (C=O) groups excluding carboxylic acids is 2. The summed E-state index contributed by atoms with van der Waals surface area (Å²) in [7, 11) is 0. The molecule has 2 amide bonds. The number of aromatic carboxylic acids is 1. The molecule has 1 heterocycles. The second kappa shape index (κ2) is 8.31. The summed E-state index contributed by atoms with van der Waals surface area (Å²) in [6, 6.07) is 11.2. The van der Waals surface area contributed by atoms with E-state index in [9.17, 15) is 19.5 Å². The van der Waals surface area contributed by atoms with Crippen molar-refractivity contribution in [2.24, 2.45) is 11.7 Å². The van der Waals surface area contributed by atoms with E-state index < -0.39 is 11.9 Å². The minimum absolute atomic E-state index is 0.00293. The Hall–Kier alpha value is -3.06. The lowest BCUT2D eigenvalue weighted by atomic mass is 9.95. The molecule has 0 atom stereocenters. The highest BCUT2D eigenvalue weighted by atomic mass is 35.5. The van der Waals surface area contributed by atoms with Crippen LogP contribution in [0.3, 0.4) is 0 Å². The van der Waals surface area contributed by atoms with Crippen LogP contribution in [0.4, 0.5) is 11.4 Å². The first-order chi connectivity index (χ1) is 13.3. The maximum atomic E-state index is 12.4. The Bertz CT molecular complexity index is 906. The number of benzene rings is 2. The standard InChI is InChI=1S/C20H20ClN3O4/c21-14-3-1-13(2-4-14)19(26)23-17-6-5-15(11-16(17)20(27)28)24-9-7-12(8-10-24)18(22)25/h1-6,11-12H,7-10H2,(H2,22,25)(H,23,26)(H,27,28). The molecule has 1 fully saturated rings. The van der Waals surface area contributed by atoms with E-state index >= 15 is 0 Å². The summed E-state index contributed by atoms with van der Waals surface area (Å²) in [6.45, 7) is 1.23. The summed E-state index contributed by atoms with van der Waals surface area (Å²) in [4.78, 5) is 37.4. The van der Waals surface area contributed by atoms with E-state index in [1.165, 1.54) is 6.07 Å². The Morgan fingerprint density at radius 2 is 1.71 bits per heavy atom. The highest BCUT2D eigenvalue weighted by Gasteiger charge is 2.24. The van der Waals surface area contributed by atoms with Gasteiger partial charge >= 0.3 is 5.97 Å². The quantitative estimate of drug-likeness (QED) is 0.712. The van der Waals surface area contributed by atoms with E-state index in [1.807, 2.05) is 4.90 Å². The molecule has 146 valence electrons. The van der Waals surface area contributed by atoms with Gasteiger partial charge in [0.2, 0.25) is 5.91 Å². The molecule has 4 N–H and O–H groups in total. The first kappa shape index (κ1) is 19.7. The van der Waals surface area contributed by atoms with Gasteiger partial charge in [0.25, 0.3) is 5.91 Å². The summed E-state index contributed by atoms with van der Waals surface area (Å²) in [6.07, 6.45) is 1.26. The van der Waals surface area contributed by atoms with Crippen molar-refractivity contribution in [2.45, 2.75) is 12.8 Å². The molecule has 0 unspecified atom stereocenters. The zero-order valence-electron chi connectivity index (χ0n) is 15.0. The summed E-state index contributed by atoms with van der Waals surface area (Å²) < 4.78 is 0. The van der Waals surface area contributed by atoms with Gasteiger partial charge in [-0.1, -0.05) is 11.6 Å². The molecule has 1 aliphatic rings. The number of nitrogens with two attached hydrogens (primary N) is 1. The number of anilines is 2. The lowest BCUT2D eigenvalue weighted by Gasteiger charge is -2.32. The average molecular weight is 402 g/mol. The Morgan fingerprint density at radius 1 is 1.07 bits per heavy atom. The largest absolute Gasteiger partial charge is 0.478 e. The third-order valence-electron chi connectivity index (χ3n) is 4.85. The molecule has 2 aromatic rings. The van der Waals surface area contributed by atoms with Crippen molar-refractivity contribution in [2.75, 3.05) is 23.3 Å². The number of hydrogen-bond acceptors (Lipinski definition) is 4. The molecule has 28 heavy (non-hydrogen) atoms. The number of primary amides is 1. The fraction of sp³-hybridized carbons (Fsp3) is 0.250. The van der Waals surface area contributed by atoms with Gasteiger partial charge in [0.1, 0.15) is 0 Å². The van der Waals surface area contributed by atoms with Crippen molar-refractivity contribution in [3.8, 4) is 0 Å². The van der Waals surface area contributed by atoms with E-state index in [2.05, 4.69) is 5.32 Å². The molecule has 0 spiro atoms. The van der Waals surface area contributed by atoms with Crippen molar-refractivity contribution >= 4 is 40.8 Å². The number of nitrogens with one attached hydrogen (secondary N) is 1. The second-order valence-electron chi connectivity index (χ2n) is 6.66. The Morgan fingerprint density at radius 3 is 2.29 bits per heavy atom. The van der Waals surface area contributed by atoms with E-state index in [0.717, 1.165) is 5.69 Å². The monoisotopic (exact) mass is 401 g/mol. The summed E-state index contributed by atoms with van der Waals surface area (Å²) in [5, 5.41) is 12.7. The van der Waals surface area contributed by atoms with Crippen LogP contribution in [-0.4, -0.2) is 36.0 Å². The third-order valence-corrected chi connectivity index (χ3v) is 5.10. The van der Waals surface area contributed by atoms with Gasteiger partial charge < -0.3 is 21.1 Å². The van der Waals surface area contributed by atoms with Crippen LogP contribution in [0.5, 0.6) is 0 Å². The number of hydrogen-bond donors (Lipinski definition) is 3. The molecule has 0 saturated carbocycles. The number of nitrogens with zero attached hydrogens (tertiary/aromatic N) is 1. The minimum atomic E-state index is -1.14. The molecular weight excluding hydrogens is 382 g/mol. The molecule has 1 saturated heterocycles. The van der Waals surface area contributed by atoms with Crippen LogP contribution >= 0.6 is 11.6 Å². The van der Waals surface area contributed by atoms with Crippen molar-refractivity contribution in [3.05, 3.63) is 58.6 Å². The maximum Gasteiger partial charge on any atom is 0.337 e. The van der Waals surface area contributed by atoms with Crippen LogP contribution in [0, 0.1) is 5.92 Å². The number of rotatable bonds is 5. The lowest BCUT2D eigenvalue weighted by molar-refractivity contribution is -0.122. The van der Waals surface area contributed by atoms with Crippen LogP contribution in [0.1, 0.15) is 33.6 Å². The first-order valence-electron chi connectivity index (χ1n) is 8.83. The molecule has 0 radical (unpaired) electrons. The van der Waals surface area contributed by atoms with Crippen LogP contribution < -0.4 is 16.0 Å². The number of carboxylic acids is 1. The fourth-order valence-electron chi connectivity index (χ4n) is 3.23. The van der Waals surface area contributed by atoms with Gasteiger partial charge in [0.15, 0.2) is 0 Å². The molecule has 2 aromatic carbocycles. The highest BCUT2D eigenvalue weighted by molar-refractivity contribution is 6.30. The molecule has 0 bridgehead atoms. The van der Waals surface area contributed by atoms with Gasteiger partial charge in [0, 0.05) is 35.3 Å². The maximum absolute atomic E-state index is 12.4. The van der Waals surface area contributed by atoms with E-state index in [4.69, 9.17) is 17.3 Å². The second-order valence-corrected chi connectivity index (χ2v) is 7.10. The first-order valence-corrected chi connectivity index (χ1v) is 9.21. The molecule has 7 nitrogen and oxygen atoms in total. The zero-order valence-corrected chi connectivity index (χ0v) is 15.8. The van der Waals surface area contributed by atoms with Crippen molar-refractivity contribution in [3.63, 3.8) is 0 Å². The average Bonchev–Trinajstić information content (AvgIpc) is 2.68. The van der Waals surface area contributed by atoms with Gasteiger partial charge in [0.05, 0.1) is 11.3 Å². The number of carboxylic acid groups (broad SMARTS) is 1. The van der Waals surface area contributed by atoms with Crippen LogP contribution in [0.15, 0.2) is 42.5 Å². The Balaban J connectivity index is 1.78. The van der Waals surface area contributed by atoms with Gasteiger partial charge in [-0.3, -0.25) is 9.59 Å². The predicted molar refractivity (Wildman–Crippen MR) is 107 cm³/mol. The molecule has 3 rings (SSSR count). The number of halogens is 1. The Kier molecular flexibility index (Phi) is 5.84. The zero-order chi connectivity index (χ0) is 20.3. The number of amides is 2. The fourth-order valence-corrected chi connectivity index (χ4v) is 3.36. The lowest BCUT2D eigenvalue weighted by Crippen LogP contribution is -2.38. The van der Waals surface area contributed by atoms with E-state index in [1.54, 1.807) is 36.4 Å². The molecule has 8 heteroatoms. The van der Waals surface area contributed by atoms with Gasteiger partial charge in [-0.05, 0) is 55.3 Å². The number of piperidine rings is 1. The van der Waals surface area contributed by atoms with Crippen LogP contribution in [-0.2, 0) is 4.79 Å². The van der Waals surface area contributed by atoms with Gasteiger partial charge in [-0.15, -0.1) is 0 Å². The van der Waals surface area contributed by atoms with Crippen molar-refractivity contribution in [1.29, 1.82) is 0 Å². The van der Waals surface area contributed by atoms with Gasteiger partial charge in [-0.2, -0.15) is 0 Å². The topological polar surface area (TPSA) is 113 Å². The predicted octanol–water partition coefficient (Wildman–Crippen LogP) is 2.99. The SMILES string of the molecule is NC(=O)C1CCN(c2ccc(NC(=O)c3ccc(Cl)cc3)c(C(=O)O)c2)CC1. The van der Waals surface area contributed by atoms with Gasteiger partial charge in [-0.25, -0.2) is 4.79 Å². The summed E-state index contributed by atoms with van der Waals surface area (Å²) in [5.41, 5.74) is 6.66. The highest BCUT2D eigenvalue weighted by Crippen LogP contribution is 2.28. The van der Waals surface area contributed by atoms with E-state index in [0.29, 0.717) is 36.5 Å². The van der Waals surface area contributed by atoms with E-state index in [-0.39, 0.29) is 23.1 Å². The van der Waals surface area contributed by atoms with Crippen LogP contribution in [0.25, 0.3) is 0 Å². The Labute approximate surface area is 167 Å². The smallest absolute Gasteiger partial charge is 0.337 e. The van der Waals surface area contributed by atoms with Crippen molar-refractivity contribution in [1.82, 2.24) is 0 Å². The minimum Gasteiger partial charge on any atom is -0.478 e. The number of carbonyl (C=O) groups is 3. The molecule has 0 aliphatic carbocycles. The molecular formula is C20H20ClN3O4. The van der Waals surface area contributed by atoms with Crippen molar-refractivity contribution < 1.29 is 19.5 Å². The summed E-state index contributed by atoms with van der Waals surface area (Å²) >= 11 is 5.82. The normalized spacial score (nSPS) is 14.5. The third kappa shape index (κ3) is 4.43. The molecule has 1 aliphatic heterocycles.